The molecule has 2 saturated heterocycles. The number of ether oxygens (including phenoxy) is 3. The normalized spacial score (nSPS) is 51.5. The second-order valence-corrected chi connectivity index (χ2v) is 3.17. The van der Waals surface area contributed by atoms with Crippen molar-refractivity contribution in [2.24, 2.45) is 0 Å². The number of fused-ring (bicyclic) bond motifs is 1. The van der Waals surface area contributed by atoms with Gasteiger partial charge >= 0.3 is 0 Å². The highest BCUT2D eigenvalue weighted by Crippen LogP contribution is 2.24. The van der Waals surface area contributed by atoms with Crippen molar-refractivity contribution in [1.29, 1.82) is 0 Å². The van der Waals surface area contributed by atoms with Crippen molar-refractivity contribution in [3.05, 3.63) is 0 Å². The van der Waals surface area contributed by atoms with Crippen LogP contribution in [0.5, 0.6) is 0 Å². The topological polar surface area (TPSA) is 88.4 Å². The first-order valence-electron chi connectivity index (χ1n) is 4.09. The number of hydrogen-bond donors (Lipinski definition) is 3. The smallest absolute Gasteiger partial charge is 0.184 e. The monoisotopic (exact) mass is 192 g/mol. The average Bonchev–Trinajstić information content (AvgIpc) is 2.15. The molecule has 6 nitrogen and oxygen atoms in total. The fraction of sp³-hybridized carbons (Fsp3) is 1.00. The van der Waals surface area contributed by atoms with E-state index in [9.17, 15) is 10.2 Å². The molecule has 0 aliphatic carbocycles. The zero-order chi connectivity index (χ0) is 9.42. The van der Waals surface area contributed by atoms with E-state index in [-0.39, 0.29) is 13.4 Å². The molecule has 5 atom stereocenters. The van der Waals surface area contributed by atoms with E-state index in [2.05, 4.69) is 0 Å². The van der Waals surface area contributed by atoms with Crippen LogP contribution in [0, 0.1) is 0 Å². The summed E-state index contributed by atoms with van der Waals surface area (Å²) in [6.07, 6.45) is -4.95. The van der Waals surface area contributed by atoms with Crippen LogP contribution in [-0.2, 0) is 14.2 Å². The Bertz CT molecular complexity index is 184. The third kappa shape index (κ3) is 1.56. The van der Waals surface area contributed by atoms with E-state index in [1.165, 1.54) is 0 Å². The Balaban J connectivity index is 2.08. The summed E-state index contributed by atoms with van der Waals surface area (Å²) in [6, 6.07) is 0. The van der Waals surface area contributed by atoms with E-state index in [1.54, 1.807) is 0 Å². The summed E-state index contributed by atoms with van der Waals surface area (Å²) in [5.74, 6) is 0. The van der Waals surface area contributed by atoms with Gasteiger partial charge in [0.25, 0.3) is 0 Å². The first-order chi connectivity index (χ1) is 6.20. The van der Waals surface area contributed by atoms with Gasteiger partial charge in [0.05, 0.1) is 6.61 Å². The van der Waals surface area contributed by atoms with Crippen LogP contribution in [0.4, 0.5) is 0 Å². The Labute approximate surface area is 74.6 Å². The SMILES string of the molecule is OC1C(O)[C@@H](O)O[C@H]2COCO[C@H]12. The van der Waals surface area contributed by atoms with Crippen LogP contribution in [0.3, 0.4) is 0 Å². The fourth-order valence-electron chi connectivity index (χ4n) is 1.55. The molecule has 2 aliphatic rings. The molecule has 0 aromatic rings. The van der Waals surface area contributed by atoms with Gasteiger partial charge in [-0.2, -0.15) is 0 Å². The van der Waals surface area contributed by atoms with E-state index in [0.717, 1.165) is 0 Å². The fourth-order valence-corrected chi connectivity index (χ4v) is 1.55. The predicted octanol–water partition coefficient (Wildman–Crippen LogP) is -2.20. The molecule has 76 valence electrons. The minimum absolute atomic E-state index is 0.0738. The number of rotatable bonds is 0. The van der Waals surface area contributed by atoms with Crippen molar-refractivity contribution in [2.75, 3.05) is 13.4 Å². The van der Waals surface area contributed by atoms with E-state index in [4.69, 9.17) is 19.3 Å². The summed E-state index contributed by atoms with van der Waals surface area (Å²) in [4.78, 5) is 0. The molecule has 0 saturated carbocycles. The summed E-state index contributed by atoms with van der Waals surface area (Å²) in [5.41, 5.74) is 0. The van der Waals surface area contributed by atoms with Gasteiger partial charge in [0, 0.05) is 0 Å². The van der Waals surface area contributed by atoms with Gasteiger partial charge in [0.2, 0.25) is 0 Å². The minimum Gasteiger partial charge on any atom is -0.387 e. The molecule has 0 aromatic carbocycles. The maximum absolute atomic E-state index is 9.47. The van der Waals surface area contributed by atoms with Crippen LogP contribution in [0.25, 0.3) is 0 Å². The molecule has 2 rings (SSSR count). The highest BCUT2D eigenvalue weighted by Gasteiger charge is 2.46. The Kier molecular flexibility index (Phi) is 2.50. The number of aliphatic hydroxyl groups excluding tert-OH is 3. The van der Waals surface area contributed by atoms with Crippen molar-refractivity contribution in [1.82, 2.24) is 0 Å². The quantitative estimate of drug-likeness (QED) is 0.403. The maximum atomic E-state index is 9.47. The lowest BCUT2D eigenvalue weighted by atomic mass is 9.99. The first-order valence-corrected chi connectivity index (χ1v) is 4.09. The lowest BCUT2D eigenvalue weighted by Crippen LogP contribution is -2.61. The molecule has 3 N–H and O–H groups in total. The van der Waals surface area contributed by atoms with Crippen molar-refractivity contribution in [3.8, 4) is 0 Å². The zero-order valence-electron chi connectivity index (χ0n) is 6.87. The highest BCUT2D eigenvalue weighted by molar-refractivity contribution is 4.90. The average molecular weight is 192 g/mol. The molecule has 0 aromatic heterocycles. The molecule has 2 unspecified atom stereocenters. The minimum atomic E-state index is -1.37. The molecular formula is C7H12O6. The first kappa shape index (κ1) is 9.32. The summed E-state index contributed by atoms with van der Waals surface area (Å²) >= 11 is 0. The third-order valence-corrected chi connectivity index (χ3v) is 2.29. The van der Waals surface area contributed by atoms with Gasteiger partial charge in [-0.3, -0.25) is 0 Å². The second-order valence-electron chi connectivity index (χ2n) is 3.17. The Morgan fingerprint density at radius 2 is 1.85 bits per heavy atom. The molecular weight excluding hydrogens is 180 g/mol. The summed E-state index contributed by atoms with van der Waals surface area (Å²) in [7, 11) is 0. The summed E-state index contributed by atoms with van der Waals surface area (Å²) in [6.45, 7) is 0.329. The Morgan fingerprint density at radius 1 is 1.08 bits per heavy atom. The van der Waals surface area contributed by atoms with Crippen LogP contribution in [-0.4, -0.2) is 59.4 Å². The van der Waals surface area contributed by atoms with Crippen LogP contribution in [0.1, 0.15) is 0 Å². The summed E-state index contributed by atoms with van der Waals surface area (Å²) in [5, 5.41) is 27.9. The van der Waals surface area contributed by atoms with Crippen molar-refractivity contribution >= 4 is 0 Å². The van der Waals surface area contributed by atoms with Gasteiger partial charge in [0.1, 0.15) is 31.2 Å². The lowest BCUT2D eigenvalue weighted by Gasteiger charge is -2.42. The third-order valence-electron chi connectivity index (χ3n) is 2.29. The number of aliphatic hydroxyl groups is 3. The molecule has 2 aliphatic heterocycles. The van der Waals surface area contributed by atoms with Crippen molar-refractivity contribution in [3.63, 3.8) is 0 Å². The van der Waals surface area contributed by atoms with E-state index < -0.39 is 30.7 Å². The largest absolute Gasteiger partial charge is 0.387 e. The van der Waals surface area contributed by atoms with Gasteiger partial charge in [0.15, 0.2) is 6.29 Å². The summed E-state index contributed by atoms with van der Waals surface area (Å²) < 4.78 is 14.9. The van der Waals surface area contributed by atoms with Gasteiger partial charge in [-0.1, -0.05) is 0 Å². The molecule has 2 fully saturated rings. The Hall–Kier alpha value is -0.240. The number of hydrogen-bond acceptors (Lipinski definition) is 6. The van der Waals surface area contributed by atoms with E-state index in [0.29, 0.717) is 0 Å². The molecule has 2 heterocycles. The van der Waals surface area contributed by atoms with Crippen molar-refractivity contribution in [2.45, 2.75) is 30.7 Å². The second kappa shape index (κ2) is 3.49. The van der Waals surface area contributed by atoms with Crippen LogP contribution >= 0.6 is 0 Å². The van der Waals surface area contributed by atoms with Gasteiger partial charge in [-0.25, -0.2) is 0 Å². The van der Waals surface area contributed by atoms with Gasteiger partial charge < -0.3 is 29.5 Å². The molecule has 6 heteroatoms. The van der Waals surface area contributed by atoms with Crippen molar-refractivity contribution < 1.29 is 29.5 Å². The van der Waals surface area contributed by atoms with Crippen LogP contribution < -0.4 is 0 Å². The molecule has 0 spiro atoms. The highest BCUT2D eigenvalue weighted by atomic mass is 16.7. The molecule has 0 radical (unpaired) electrons. The standard InChI is InChI=1S/C7H12O6/c8-4-5(9)7(10)13-3-1-11-2-12-6(3)4/h3-10H,1-2H2/t3-,4?,5?,6-,7-/m0/s1. The lowest BCUT2D eigenvalue weighted by molar-refractivity contribution is -0.329. The van der Waals surface area contributed by atoms with Crippen LogP contribution in [0.2, 0.25) is 0 Å². The zero-order valence-corrected chi connectivity index (χ0v) is 6.87. The maximum Gasteiger partial charge on any atom is 0.184 e. The predicted molar refractivity (Wildman–Crippen MR) is 38.6 cm³/mol. The molecule has 0 amide bonds. The van der Waals surface area contributed by atoms with Gasteiger partial charge in [-0.05, 0) is 0 Å². The molecule has 13 heavy (non-hydrogen) atoms. The van der Waals surface area contributed by atoms with E-state index in [1.807, 2.05) is 0 Å². The van der Waals surface area contributed by atoms with Gasteiger partial charge in [-0.15, -0.1) is 0 Å². The van der Waals surface area contributed by atoms with Crippen LogP contribution in [0.15, 0.2) is 0 Å². The Morgan fingerprint density at radius 3 is 2.62 bits per heavy atom. The molecule has 0 bridgehead atoms. The van der Waals surface area contributed by atoms with E-state index >= 15 is 0 Å².